The van der Waals surface area contributed by atoms with Gasteiger partial charge >= 0.3 is 6.18 Å². The Kier molecular flexibility index (Phi) is 5.78. The van der Waals surface area contributed by atoms with Gasteiger partial charge in [0.1, 0.15) is 0 Å². The molecular formula is C24H21F3N2O3. The van der Waals surface area contributed by atoms with Crippen LogP contribution >= 0.6 is 0 Å². The maximum atomic E-state index is 13.4. The van der Waals surface area contributed by atoms with Crippen molar-refractivity contribution in [3.63, 3.8) is 0 Å². The fraction of sp³-hybridized carbons (Fsp3) is 0.250. The summed E-state index contributed by atoms with van der Waals surface area (Å²) in [6.45, 7) is 1.73. The molecule has 2 aromatic carbocycles. The normalized spacial score (nSPS) is 14.6. The molecule has 1 N–H and O–H groups in total. The smallest absolute Gasteiger partial charge is 0.416 e. The molecule has 5 nitrogen and oxygen atoms in total. The molecule has 1 heterocycles. The van der Waals surface area contributed by atoms with Gasteiger partial charge in [0.15, 0.2) is 5.76 Å². The molecule has 166 valence electrons. The number of nitrogens with one attached hydrogen (secondary N) is 1. The molecule has 1 fully saturated rings. The Morgan fingerprint density at radius 3 is 2.47 bits per heavy atom. The Labute approximate surface area is 182 Å². The van der Waals surface area contributed by atoms with Crippen molar-refractivity contribution in [2.45, 2.75) is 38.0 Å². The molecule has 8 heteroatoms. The molecule has 0 aliphatic heterocycles. The second-order valence-electron chi connectivity index (χ2n) is 7.76. The van der Waals surface area contributed by atoms with Gasteiger partial charge in [0.25, 0.3) is 11.8 Å². The Morgan fingerprint density at radius 2 is 1.81 bits per heavy atom. The lowest BCUT2D eigenvalue weighted by Gasteiger charge is -2.30. The summed E-state index contributed by atoms with van der Waals surface area (Å²) >= 11 is 0. The number of amides is 2. The van der Waals surface area contributed by atoms with Crippen LogP contribution in [0.2, 0.25) is 0 Å². The van der Waals surface area contributed by atoms with E-state index >= 15 is 0 Å². The number of hydrogen-bond acceptors (Lipinski definition) is 3. The Hall–Kier alpha value is -3.55. The van der Waals surface area contributed by atoms with Gasteiger partial charge in [-0.15, -0.1) is 0 Å². The highest BCUT2D eigenvalue weighted by Gasteiger charge is 2.38. The van der Waals surface area contributed by atoms with Crippen LogP contribution in [0.3, 0.4) is 0 Å². The summed E-state index contributed by atoms with van der Waals surface area (Å²) < 4.78 is 44.5. The molecule has 0 spiro atoms. The van der Waals surface area contributed by atoms with Crippen LogP contribution in [0.15, 0.2) is 71.3 Å². The van der Waals surface area contributed by atoms with Crippen LogP contribution in [0.4, 0.5) is 18.9 Å². The summed E-state index contributed by atoms with van der Waals surface area (Å²) in [6.07, 6.45) is -1.48. The molecule has 3 aromatic rings. The van der Waals surface area contributed by atoms with Gasteiger partial charge < -0.3 is 14.6 Å². The number of nitrogens with zero attached hydrogens (tertiary/aromatic N) is 1. The van der Waals surface area contributed by atoms with Gasteiger partial charge in [0.05, 0.1) is 17.9 Å². The lowest BCUT2D eigenvalue weighted by molar-refractivity contribution is -0.137. The largest absolute Gasteiger partial charge is 0.459 e. The first-order valence-electron chi connectivity index (χ1n) is 10.2. The summed E-state index contributed by atoms with van der Waals surface area (Å²) in [5, 5.41) is 2.68. The monoisotopic (exact) mass is 442 g/mol. The standard InChI is InChI=1S/C24H21F3N2O3/c1-15(16-5-2-7-18(13-16)24(25,26)27)29(20-10-11-20)23(31)17-6-3-8-19(14-17)28-22(30)21-9-4-12-32-21/h2-9,12-15,20H,10-11H2,1H3,(H,28,30). The molecule has 1 aromatic heterocycles. The van der Waals surface area contributed by atoms with E-state index in [2.05, 4.69) is 5.32 Å². The highest BCUT2D eigenvalue weighted by Crippen LogP contribution is 2.37. The zero-order chi connectivity index (χ0) is 22.9. The number of alkyl halides is 3. The second-order valence-corrected chi connectivity index (χ2v) is 7.76. The van der Waals surface area contributed by atoms with Crippen LogP contribution in [0, 0.1) is 0 Å². The Bertz CT molecular complexity index is 1120. The minimum atomic E-state index is -4.45. The Balaban J connectivity index is 1.57. The maximum absolute atomic E-state index is 13.4. The van der Waals surface area contributed by atoms with Crippen molar-refractivity contribution in [3.8, 4) is 0 Å². The highest BCUT2D eigenvalue weighted by atomic mass is 19.4. The zero-order valence-electron chi connectivity index (χ0n) is 17.2. The van der Waals surface area contributed by atoms with Gasteiger partial charge in [0, 0.05) is 17.3 Å². The fourth-order valence-corrected chi connectivity index (χ4v) is 3.63. The summed E-state index contributed by atoms with van der Waals surface area (Å²) in [5.41, 5.74) is 0.433. The van der Waals surface area contributed by atoms with Crippen LogP contribution in [-0.2, 0) is 6.18 Å². The van der Waals surface area contributed by atoms with Gasteiger partial charge in [-0.2, -0.15) is 13.2 Å². The van der Waals surface area contributed by atoms with Gasteiger partial charge in [-0.1, -0.05) is 18.2 Å². The molecule has 1 aliphatic carbocycles. The number of benzene rings is 2. The molecule has 32 heavy (non-hydrogen) atoms. The first kappa shape index (κ1) is 21.7. The van der Waals surface area contributed by atoms with Crippen LogP contribution < -0.4 is 5.32 Å². The minimum absolute atomic E-state index is 0.0339. The van der Waals surface area contributed by atoms with Crippen molar-refractivity contribution in [2.75, 3.05) is 5.32 Å². The number of furan rings is 1. The van der Waals surface area contributed by atoms with E-state index in [1.807, 2.05) is 0 Å². The number of rotatable bonds is 6. The third-order valence-corrected chi connectivity index (χ3v) is 5.40. The first-order chi connectivity index (χ1) is 15.2. The van der Waals surface area contributed by atoms with E-state index in [-0.39, 0.29) is 17.7 Å². The molecular weight excluding hydrogens is 421 g/mol. The van der Waals surface area contributed by atoms with Crippen molar-refractivity contribution in [1.29, 1.82) is 0 Å². The van der Waals surface area contributed by atoms with E-state index in [0.717, 1.165) is 25.0 Å². The predicted molar refractivity (Wildman–Crippen MR) is 112 cm³/mol. The Morgan fingerprint density at radius 1 is 1.06 bits per heavy atom. The second kappa shape index (κ2) is 8.53. The number of hydrogen-bond donors (Lipinski definition) is 1. The molecule has 0 bridgehead atoms. The van der Waals surface area contributed by atoms with Gasteiger partial charge in [-0.3, -0.25) is 9.59 Å². The average molecular weight is 442 g/mol. The van der Waals surface area contributed by atoms with Gasteiger partial charge in [0.2, 0.25) is 0 Å². The first-order valence-corrected chi connectivity index (χ1v) is 10.2. The quantitative estimate of drug-likeness (QED) is 0.516. The lowest BCUT2D eigenvalue weighted by Crippen LogP contribution is -2.35. The van der Waals surface area contributed by atoms with Gasteiger partial charge in [-0.05, 0) is 67.8 Å². The molecule has 0 radical (unpaired) electrons. The number of carbonyl (C=O) groups excluding carboxylic acids is 2. The molecule has 2 amide bonds. The number of halogens is 3. The third kappa shape index (κ3) is 4.69. The van der Waals surface area contributed by atoms with E-state index in [4.69, 9.17) is 4.42 Å². The summed E-state index contributed by atoms with van der Waals surface area (Å²) in [6, 6.07) is 14.1. The van der Waals surface area contributed by atoms with Crippen molar-refractivity contribution in [3.05, 3.63) is 89.4 Å². The van der Waals surface area contributed by atoms with E-state index in [1.165, 1.54) is 18.4 Å². The summed E-state index contributed by atoms with van der Waals surface area (Å²) in [7, 11) is 0. The van der Waals surface area contributed by atoms with E-state index < -0.39 is 23.7 Å². The average Bonchev–Trinajstić information content (AvgIpc) is 3.44. The molecule has 1 unspecified atom stereocenters. The van der Waals surface area contributed by atoms with Crippen LogP contribution in [0.1, 0.15) is 57.8 Å². The van der Waals surface area contributed by atoms with Crippen molar-refractivity contribution in [1.82, 2.24) is 4.90 Å². The molecule has 1 atom stereocenters. The van der Waals surface area contributed by atoms with Crippen LogP contribution in [-0.4, -0.2) is 22.8 Å². The van der Waals surface area contributed by atoms with Gasteiger partial charge in [-0.25, -0.2) is 0 Å². The van der Waals surface area contributed by atoms with E-state index in [0.29, 0.717) is 16.8 Å². The zero-order valence-corrected chi connectivity index (χ0v) is 17.2. The topological polar surface area (TPSA) is 62.6 Å². The van der Waals surface area contributed by atoms with Crippen molar-refractivity contribution < 1.29 is 27.2 Å². The lowest BCUT2D eigenvalue weighted by atomic mass is 10.0. The number of carbonyl (C=O) groups is 2. The molecule has 0 saturated heterocycles. The molecule has 1 aliphatic rings. The van der Waals surface area contributed by atoms with E-state index in [1.54, 1.807) is 48.2 Å². The molecule has 4 rings (SSSR count). The summed E-state index contributed by atoms with van der Waals surface area (Å²) in [5.74, 6) is -0.609. The SMILES string of the molecule is CC(c1cccc(C(F)(F)F)c1)N(C(=O)c1cccc(NC(=O)c2ccco2)c1)C1CC1. The summed E-state index contributed by atoms with van der Waals surface area (Å²) in [4.78, 5) is 27.2. The highest BCUT2D eigenvalue weighted by molar-refractivity contribution is 6.03. The van der Waals surface area contributed by atoms with Crippen LogP contribution in [0.5, 0.6) is 0 Å². The van der Waals surface area contributed by atoms with Crippen molar-refractivity contribution in [2.24, 2.45) is 0 Å². The van der Waals surface area contributed by atoms with Crippen molar-refractivity contribution >= 4 is 17.5 Å². The third-order valence-electron chi connectivity index (χ3n) is 5.40. The fourth-order valence-electron chi connectivity index (χ4n) is 3.63. The number of anilines is 1. The molecule has 1 saturated carbocycles. The minimum Gasteiger partial charge on any atom is -0.459 e. The maximum Gasteiger partial charge on any atom is 0.416 e. The predicted octanol–water partition coefficient (Wildman–Crippen LogP) is 5.92. The van der Waals surface area contributed by atoms with E-state index in [9.17, 15) is 22.8 Å². The van der Waals surface area contributed by atoms with Crippen LogP contribution in [0.25, 0.3) is 0 Å².